The number of rotatable bonds is 2. The summed E-state index contributed by atoms with van der Waals surface area (Å²) in [4.78, 5) is 26.3. The number of hydrogen-bond donors (Lipinski definition) is 0. The summed E-state index contributed by atoms with van der Waals surface area (Å²) in [7, 11) is 1.55. The Labute approximate surface area is 145 Å². The van der Waals surface area contributed by atoms with E-state index < -0.39 is 0 Å². The molecule has 1 saturated carbocycles. The molecule has 0 N–H and O–H groups in total. The molecule has 0 saturated heterocycles. The molecule has 5 rings (SSSR count). The van der Waals surface area contributed by atoms with Crippen LogP contribution in [-0.4, -0.2) is 24.8 Å². The van der Waals surface area contributed by atoms with E-state index in [4.69, 9.17) is 9.47 Å². The smallest absolute Gasteiger partial charge is 0.198 e. The summed E-state index contributed by atoms with van der Waals surface area (Å²) in [6.45, 7) is 1.92. The molecule has 1 heterocycles. The highest BCUT2D eigenvalue weighted by Crippen LogP contribution is 2.59. The van der Waals surface area contributed by atoms with Gasteiger partial charge < -0.3 is 9.47 Å². The van der Waals surface area contributed by atoms with Gasteiger partial charge in [0.1, 0.15) is 17.6 Å². The van der Waals surface area contributed by atoms with Crippen LogP contribution in [0.4, 0.5) is 0 Å². The van der Waals surface area contributed by atoms with Crippen molar-refractivity contribution in [2.45, 2.75) is 25.4 Å². The Balaban J connectivity index is 1.90. The predicted molar refractivity (Wildman–Crippen MR) is 92.8 cm³/mol. The molecule has 0 aromatic heterocycles. The Kier molecular flexibility index (Phi) is 2.79. The van der Waals surface area contributed by atoms with E-state index in [1.807, 2.05) is 19.1 Å². The highest BCUT2D eigenvalue weighted by Gasteiger charge is 2.53. The fourth-order valence-corrected chi connectivity index (χ4v) is 4.11. The zero-order chi connectivity index (χ0) is 17.3. The zero-order valence-corrected chi connectivity index (χ0v) is 14.0. The first-order valence-corrected chi connectivity index (χ1v) is 8.43. The van der Waals surface area contributed by atoms with Crippen LogP contribution in [0.25, 0.3) is 6.08 Å². The molecule has 1 fully saturated rings. The number of benzene rings is 2. The topological polar surface area (TPSA) is 52.6 Å². The van der Waals surface area contributed by atoms with Crippen molar-refractivity contribution in [3.63, 3.8) is 0 Å². The van der Waals surface area contributed by atoms with Gasteiger partial charge in [0.15, 0.2) is 11.6 Å². The van der Waals surface area contributed by atoms with Gasteiger partial charge in [-0.3, -0.25) is 9.59 Å². The summed E-state index contributed by atoms with van der Waals surface area (Å²) >= 11 is 0. The van der Waals surface area contributed by atoms with E-state index in [0.29, 0.717) is 39.7 Å². The SMILES string of the molecule is C/C=C/c1c(OC)c2c(c3c1C1CC1O3)C(=O)c1ccccc1C2=O. The van der Waals surface area contributed by atoms with E-state index in [2.05, 4.69) is 0 Å². The van der Waals surface area contributed by atoms with Gasteiger partial charge in [0.25, 0.3) is 0 Å². The van der Waals surface area contributed by atoms with Crippen LogP contribution in [0.5, 0.6) is 11.5 Å². The van der Waals surface area contributed by atoms with E-state index in [0.717, 1.165) is 17.5 Å². The van der Waals surface area contributed by atoms with Crippen LogP contribution in [0.3, 0.4) is 0 Å². The van der Waals surface area contributed by atoms with Gasteiger partial charge in [0.2, 0.25) is 0 Å². The number of carbonyl (C=O) groups excluding carboxylic acids is 2. The lowest BCUT2D eigenvalue weighted by Gasteiger charge is -2.24. The highest BCUT2D eigenvalue weighted by molar-refractivity contribution is 6.30. The molecule has 2 atom stereocenters. The molecule has 0 radical (unpaired) electrons. The molecule has 1 aliphatic heterocycles. The van der Waals surface area contributed by atoms with Gasteiger partial charge >= 0.3 is 0 Å². The lowest BCUT2D eigenvalue weighted by Crippen LogP contribution is -2.23. The van der Waals surface area contributed by atoms with E-state index in [1.54, 1.807) is 31.4 Å². The molecule has 3 aliphatic rings. The third-order valence-corrected chi connectivity index (χ3v) is 5.26. The van der Waals surface area contributed by atoms with Crippen LogP contribution in [0.15, 0.2) is 30.3 Å². The second-order valence-corrected chi connectivity index (χ2v) is 6.64. The fourth-order valence-electron chi connectivity index (χ4n) is 4.11. The normalized spacial score (nSPS) is 22.2. The minimum absolute atomic E-state index is 0.121. The summed E-state index contributed by atoms with van der Waals surface area (Å²) in [6, 6.07) is 6.94. The second-order valence-electron chi connectivity index (χ2n) is 6.64. The summed E-state index contributed by atoms with van der Waals surface area (Å²) in [5.41, 5.74) is 3.44. The third-order valence-electron chi connectivity index (χ3n) is 5.26. The maximum absolute atomic E-state index is 13.2. The molecule has 0 spiro atoms. The molecule has 2 aliphatic carbocycles. The quantitative estimate of drug-likeness (QED) is 0.717. The van der Waals surface area contributed by atoms with Crippen LogP contribution in [-0.2, 0) is 0 Å². The molecule has 2 aromatic rings. The van der Waals surface area contributed by atoms with E-state index in [9.17, 15) is 9.59 Å². The van der Waals surface area contributed by atoms with Crippen molar-refractivity contribution in [1.82, 2.24) is 0 Å². The maximum atomic E-state index is 13.2. The first kappa shape index (κ1) is 14.5. The maximum Gasteiger partial charge on any atom is 0.198 e. The lowest BCUT2D eigenvalue weighted by atomic mass is 9.80. The number of fused-ring (bicyclic) bond motifs is 6. The molecule has 4 heteroatoms. The van der Waals surface area contributed by atoms with Crippen molar-refractivity contribution < 1.29 is 19.1 Å². The zero-order valence-electron chi connectivity index (χ0n) is 14.0. The minimum atomic E-state index is -0.181. The second kappa shape index (κ2) is 4.82. The van der Waals surface area contributed by atoms with Crippen molar-refractivity contribution >= 4 is 17.6 Å². The molecule has 0 amide bonds. The van der Waals surface area contributed by atoms with E-state index in [-0.39, 0.29) is 17.7 Å². The van der Waals surface area contributed by atoms with E-state index in [1.165, 1.54) is 0 Å². The molecule has 0 bridgehead atoms. The Morgan fingerprint density at radius 1 is 1.12 bits per heavy atom. The molecule has 25 heavy (non-hydrogen) atoms. The Morgan fingerprint density at radius 3 is 2.44 bits per heavy atom. The van der Waals surface area contributed by atoms with Gasteiger partial charge in [-0.1, -0.05) is 36.4 Å². The van der Waals surface area contributed by atoms with Gasteiger partial charge in [-0.2, -0.15) is 0 Å². The standard InChI is InChI=1S/C21H16O4/c1-3-6-12-15-13-9-14(13)25-21(15)17-16(20(12)24-2)18(22)10-7-4-5-8-11(10)19(17)23/h3-8,13-14H,9H2,1-2H3/b6-3+. The van der Waals surface area contributed by atoms with Crippen LogP contribution in [0, 0.1) is 0 Å². The molecule has 124 valence electrons. The highest BCUT2D eigenvalue weighted by atomic mass is 16.5. The molecule has 2 aromatic carbocycles. The number of ether oxygens (including phenoxy) is 2. The van der Waals surface area contributed by atoms with Crippen molar-refractivity contribution in [3.05, 3.63) is 63.7 Å². The van der Waals surface area contributed by atoms with E-state index >= 15 is 0 Å². The number of hydrogen-bond acceptors (Lipinski definition) is 4. The monoisotopic (exact) mass is 332 g/mol. The van der Waals surface area contributed by atoms with Crippen molar-refractivity contribution in [2.24, 2.45) is 0 Å². The fraction of sp³-hybridized carbons (Fsp3) is 0.238. The molecular formula is C21H16O4. The average molecular weight is 332 g/mol. The summed E-state index contributed by atoms with van der Waals surface area (Å²) in [5, 5.41) is 0. The number of ketones is 2. The number of methoxy groups -OCH3 is 1. The van der Waals surface area contributed by atoms with Crippen molar-refractivity contribution in [2.75, 3.05) is 7.11 Å². The van der Waals surface area contributed by atoms with Gasteiger partial charge in [0, 0.05) is 28.2 Å². The van der Waals surface area contributed by atoms with Gasteiger partial charge in [-0.15, -0.1) is 0 Å². The predicted octanol–water partition coefficient (Wildman–Crippen LogP) is 3.75. The summed E-state index contributed by atoms with van der Waals surface area (Å²) in [6.07, 6.45) is 4.94. The number of carbonyl (C=O) groups is 2. The third kappa shape index (κ3) is 1.71. The molecular weight excluding hydrogens is 316 g/mol. The molecule has 4 nitrogen and oxygen atoms in total. The Bertz CT molecular complexity index is 999. The van der Waals surface area contributed by atoms with Crippen LogP contribution >= 0.6 is 0 Å². The Hall–Kier alpha value is -2.88. The van der Waals surface area contributed by atoms with Crippen LogP contribution < -0.4 is 9.47 Å². The lowest BCUT2D eigenvalue weighted by molar-refractivity contribution is 0.0973. The first-order valence-electron chi connectivity index (χ1n) is 8.43. The first-order chi connectivity index (χ1) is 12.2. The minimum Gasteiger partial charge on any atom is -0.495 e. The number of allylic oxidation sites excluding steroid dienone is 1. The molecule has 2 unspecified atom stereocenters. The largest absolute Gasteiger partial charge is 0.495 e. The van der Waals surface area contributed by atoms with Gasteiger partial charge in [-0.25, -0.2) is 0 Å². The van der Waals surface area contributed by atoms with Crippen LogP contribution in [0.2, 0.25) is 0 Å². The van der Waals surface area contributed by atoms with Crippen LogP contribution in [0.1, 0.15) is 62.2 Å². The van der Waals surface area contributed by atoms with Gasteiger partial charge in [0.05, 0.1) is 18.2 Å². The average Bonchev–Trinajstić information content (AvgIpc) is 3.29. The van der Waals surface area contributed by atoms with Crippen molar-refractivity contribution in [3.8, 4) is 11.5 Å². The van der Waals surface area contributed by atoms with Crippen molar-refractivity contribution in [1.29, 1.82) is 0 Å². The Morgan fingerprint density at radius 2 is 1.80 bits per heavy atom. The van der Waals surface area contributed by atoms with Gasteiger partial charge in [-0.05, 0) is 13.3 Å². The summed E-state index contributed by atoms with van der Waals surface area (Å²) in [5.74, 6) is 1.02. The summed E-state index contributed by atoms with van der Waals surface area (Å²) < 4.78 is 11.7.